The number of methoxy groups -OCH3 is 1. The molecule has 1 unspecified atom stereocenters. The SMILES string of the molecule is CCCn1c(N)c(N(CCOC)C(=O)C2CC=CCC2)c(=O)[nH]c1=O. The number of allylic oxidation sites excluding steroid dienone is 2. The molecule has 1 aromatic heterocycles. The van der Waals surface area contributed by atoms with Crippen LogP contribution in [-0.4, -0.2) is 35.7 Å². The minimum Gasteiger partial charge on any atom is -0.383 e. The van der Waals surface area contributed by atoms with Crippen LogP contribution < -0.4 is 21.9 Å². The van der Waals surface area contributed by atoms with E-state index in [9.17, 15) is 14.4 Å². The maximum atomic E-state index is 13.0. The number of nitrogen functional groups attached to an aromatic ring is 1. The van der Waals surface area contributed by atoms with Gasteiger partial charge in [-0.25, -0.2) is 4.79 Å². The first-order valence-electron chi connectivity index (χ1n) is 8.59. The number of nitrogens with zero attached hydrogens (tertiary/aromatic N) is 2. The molecule has 8 nitrogen and oxygen atoms in total. The average Bonchev–Trinajstić information content (AvgIpc) is 2.61. The van der Waals surface area contributed by atoms with Gasteiger partial charge in [-0.15, -0.1) is 0 Å². The minimum atomic E-state index is -0.648. The molecule has 0 radical (unpaired) electrons. The van der Waals surface area contributed by atoms with Crippen molar-refractivity contribution in [2.24, 2.45) is 5.92 Å². The number of rotatable bonds is 7. The quantitative estimate of drug-likeness (QED) is 0.709. The van der Waals surface area contributed by atoms with Crippen molar-refractivity contribution in [3.05, 3.63) is 33.0 Å². The zero-order valence-electron chi connectivity index (χ0n) is 14.8. The molecule has 138 valence electrons. The fourth-order valence-corrected chi connectivity index (χ4v) is 3.04. The molecule has 3 N–H and O–H groups in total. The van der Waals surface area contributed by atoms with Gasteiger partial charge < -0.3 is 15.4 Å². The number of aromatic nitrogens is 2. The van der Waals surface area contributed by atoms with E-state index in [1.54, 1.807) is 0 Å². The lowest BCUT2D eigenvalue weighted by atomic mass is 9.93. The molecule has 8 heteroatoms. The summed E-state index contributed by atoms with van der Waals surface area (Å²) in [4.78, 5) is 41.1. The van der Waals surface area contributed by atoms with Gasteiger partial charge in [-0.05, 0) is 25.7 Å². The van der Waals surface area contributed by atoms with Crippen molar-refractivity contribution >= 4 is 17.4 Å². The Balaban J connectivity index is 2.48. The Morgan fingerprint density at radius 3 is 2.80 bits per heavy atom. The molecular weight excluding hydrogens is 324 g/mol. The smallest absolute Gasteiger partial charge is 0.330 e. The molecule has 2 rings (SSSR count). The molecule has 1 aromatic rings. The van der Waals surface area contributed by atoms with Crippen molar-refractivity contribution in [2.75, 3.05) is 30.9 Å². The first-order valence-corrected chi connectivity index (χ1v) is 8.59. The Bertz CT molecular complexity index is 750. The number of hydrogen-bond donors (Lipinski definition) is 2. The van der Waals surface area contributed by atoms with E-state index in [1.807, 2.05) is 19.1 Å². The second-order valence-electron chi connectivity index (χ2n) is 6.11. The van der Waals surface area contributed by atoms with E-state index < -0.39 is 11.2 Å². The molecule has 0 saturated carbocycles. The van der Waals surface area contributed by atoms with Crippen molar-refractivity contribution in [1.82, 2.24) is 9.55 Å². The van der Waals surface area contributed by atoms with Crippen LogP contribution in [-0.2, 0) is 16.1 Å². The van der Waals surface area contributed by atoms with Crippen LogP contribution >= 0.6 is 0 Å². The Hall–Kier alpha value is -2.35. The first-order chi connectivity index (χ1) is 12.0. The second-order valence-corrected chi connectivity index (χ2v) is 6.11. The molecule has 0 aromatic carbocycles. The van der Waals surface area contributed by atoms with Gasteiger partial charge in [0.25, 0.3) is 5.56 Å². The molecule has 0 spiro atoms. The predicted molar refractivity (Wildman–Crippen MR) is 96.7 cm³/mol. The molecule has 1 amide bonds. The van der Waals surface area contributed by atoms with Crippen molar-refractivity contribution < 1.29 is 9.53 Å². The van der Waals surface area contributed by atoms with Crippen LogP contribution in [0.2, 0.25) is 0 Å². The zero-order valence-corrected chi connectivity index (χ0v) is 14.8. The summed E-state index contributed by atoms with van der Waals surface area (Å²) < 4.78 is 6.38. The van der Waals surface area contributed by atoms with Gasteiger partial charge in [-0.2, -0.15) is 0 Å². The molecule has 0 fully saturated rings. The maximum Gasteiger partial charge on any atom is 0.330 e. The largest absolute Gasteiger partial charge is 0.383 e. The van der Waals surface area contributed by atoms with Crippen LogP contribution in [0.25, 0.3) is 0 Å². The van der Waals surface area contributed by atoms with Crippen LogP contribution in [0.3, 0.4) is 0 Å². The second kappa shape index (κ2) is 8.66. The summed E-state index contributed by atoms with van der Waals surface area (Å²) in [7, 11) is 1.53. The van der Waals surface area contributed by atoms with Gasteiger partial charge in [0.2, 0.25) is 5.91 Å². The van der Waals surface area contributed by atoms with Gasteiger partial charge in [-0.1, -0.05) is 19.1 Å². The zero-order chi connectivity index (χ0) is 18.4. The highest BCUT2D eigenvalue weighted by Gasteiger charge is 2.29. The van der Waals surface area contributed by atoms with E-state index in [2.05, 4.69) is 4.98 Å². The van der Waals surface area contributed by atoms with E-state index in [0.717, 1.165) is 12.8 Å². The standard InChI is InChI=1S/C17H26N4O4/c1-3-9-21-14(18)13(15(22)19-17(21)24)20(10-11-25-2)16(23)12-7-5-4-6-8-12/h4-5,12H,3,6-11,18H2,1-2H3,(H,19,22,24). The summed E-state index contributed by atoms with van der Waals surface area (Å²) in [5, 5.41) is 0. The summed E-state index contributed by atoms with van der Waals surface area (Å²) in [6.45, 7) is 2.74. The van der Waals surface area contributed by atoms with Crippen LogP contribution in [0.1, 0.15) is 32.6 Å². The fraction of sp³-hybridized carbons (Fsp3) is 0.588. The lowest BCUT2D eigenvalue weighted by Crippen LogP contribution is -2.45. The minimum absolute atomic E-state index is 0.0198. The molecule has 25 heavy (non-hydrogen) atoms. The van der Waals surface area contributed by atoms with Gasteiger partial charge in [0.15, 0.2) is 5.69 Å². The summed E-state index contributed by atoms with van der Waals surface area (Å²) in [5.74, 6) is -0.348. The number of ether oxygens (including phenoxy) is 1. The Labute approximate surface area is 146 Å². The number of nitrogens with two attached hydrogens (primary N) is 1. The summed E-state index contributed by atoms with van der Waals surface area (Å²) in [6, 6.07) is 0. The van der Waals surface area contributed by atoms with E-state index in [0.29, 0.717) is 19.4 Å². The van der Waals surface area contributed by atoms with E-state index in [4.69, 9.17) is 10.5 Å². The number of nitrogens with one attached hydrogen (secondary N) is 1. The first kappa shape index (κ1) is 19.0. The van der Waals surface area contributed by atoms with Gasteiger partial charge in [0, 0.05) is 26.1 Å². The number of hydrogen-bond acceptors (Lipinski definition) is 5. The lowest BCUT2D eigenvalue weighted by Gasteiger charge is -2.28. The Morgan fingerprint density at radius 2 is 2.20 bits per heavy atom. The molecular formula is C17H26N4O4. The van der Waals surface area contributed by atoms with Crippen molar-refractivity contribution in [1.29, 1.82) is 0 Å². The third-order valence-corrected chi connectivity index (χ3v) is 4.33. The van der Waals surface area contributed by atoms with E-state index >= 15 is 0 Å². The topological polar surface area (TPSA) is 110 Å². The molecule has 1 aliphatic rings. The Kier molecular flexibility index (Phi) is 6.58. The number of anilines is 2. The molecule has 0 aliphatic heterocycles. The maximum absolute atomic E-state index is 13.0. The highest BCUT2D eigenvalue weighted by Crippen LogP contribution is 2.25. The molecule has 1 heterocycles. The monoisotopic (exact) mass is 350 g/mol. The number of amides is 1. The van der Waals surface area contributed by atoms with Gasteiger partial charge in [0.1, 0.15) is 5.82 Å². The Morgan fingerprint density at radius 1 is 1.44 bits per heavy atom. The number of aromatic amines is 1. The van der Waals surface area contributed by atoms with Crippen molar-refractivity contribution in [3.8, 4) is 0 Å². The van der Waals surface area contributed by atoms with E-state index in [1.165, 1.54) is 16.6 Å². The van der Waals surface area contributed by atoms with Gasteiger partial charge in [0.05, 0.1) is 6.61 Å². The van der Waals surface area contributed by atoms with Crippen molar-refractivity contribution in [2.45, 2.75) is 39.2 Å². The lowest BCUT2D eigenvalue weighted by molar-refractivity contribution is -0.122. The average molecular weight is 350 g/mol. The van der Waals surface area contributed by atoms with Crippen LogP contribution in [0.15, 0.2) is 21.7 Å². The van der Waals surface area contributed by atoms with E-state index in [-0.39, 0.29) is 36.5 Å². The predicted octanol–water partition coefficient (Wildman–Crippen LogP) is 0.865. The molecule has 0 saturated heterocycles. The molecule has 0 bridgehead atoms. The van der Waals surface area contributed by atoms with Gasteiger partial charge in [-0.3, -0.25) is 19.1 Å². The summed E-state index contributed by atoms with van der Waals surface area (Å²) >= 11 is 0. The number of H-pyrrole nitrogens is 1. The molecule has 1 aliphatic carbocycles. The summed E-state index contributed by atoms with van der Waals surface area (Å²) in [5.41, 5.74) is 4.93. The summed E-state index contributed by atoms with van der Waals surface area (Å²) in [6.07, 6.45) is 6.89. The van der Waals surface area contributed by atoms with Crippen LogP contribution in [0.4, 0.5) is 11.5 Å². The van der Waals surface area contributed by atoms with Crippen LogP contribution in [0.5, 0.6) is 0 Å². The molecule has 1 atom stereocenters. The number of carbonyl (C=O) groups is 1. The fourth-order valence-electron chi connectivity index (χ4n) is 3.04. The van der Waals surface area contributed by atoms with Gasteiger partial charge >= 0.3 is 5.69 Å². The highest BCUT2D eigenvalue weighted by molar-refractivity contribution is 5.97. The normalized spacial score (nSPS) is 16.8. The number of carbonyl (C=O) groups excluding carboxylic acids is 1. The third-order valence-electron chi connectivity index (χ3n) is 4.33. The third kappa shape index (κ3) is 4.19. The van der Waals surface area contributed by atoms with Crippen molar-refractivity contribution in [3.63, 3.8) is 0 Å². The van der Waals surface area contributed by atoms with Crippen LogP contribution in [0, 0.1) is 5.92 Å². The highest BCUT2D eigenvalue weighted by atomic mass is 16.5.